The number of nitrogens with zero attached hydrogens (tertiary/aromatic N) is 5. The van der Waals surface area contributed by atoms with Crippen molar-refractivity contribution in [3.63, 3.8) is 0 Å². The van der Waals surface area contributed by atoms with Crippen LogP contribution in [0.25, 0.3) is 10.9 Å². The van der Waals surface area contributed by atoms with Gasteiger partial charge >= 0.3 is 0 Å². The number of aromatic nitrogens is 5. The van der Waals surface area contributed by atoms with Gasteiger partial charge in [-0.3, -0.25) is 9.69 Å². The lowest BCUT2D eigenvalue weighted by atomic mass is 9.89. The summed E-state index contributed by atoms with van der Waals surface area (Å²) in [6.45, 7) is 4.37. The highest BCUT2D eigenvalue weighted by Gasteiger charge is 2.35. The number of likely N-dealkylation sites (tertiary alicyclic amines) is 1. The van der Waals surface area contributed by atoms with Crippen LogP contribution < -0.4 is 10.3 Å². The fourth-order valence-electron chi connectivity index (χ4n) is 6.31. The normalized spacial score (nSPS) is 18.2. The van der Waals surface area contributed by atoms with Crippen molar-refractivity contribution in [2.45, 2.75) is 64.0 Å². The molecule has 1 aliphatic heterocycles. The van der Waals surface area contributed by atoms with Gasteiger partial charge in [0.05, 0.1) is 12.6 Å². The maximum atomic E-state index is 13.6. The van der Waals surface area contributed by atoms with Gasteiger partial charge in [-0.15, -0.1) is 5.10 Å². The minimum Gasteiger partial charge on any atom is -0.494 e. The number of tetrazole rings is 1. The average Bonchev–Trinajstić information content (AvgIpc) is 3.64. The summed E-state index contributed by atoms with van der Waals surface area (Å²) < 4.78 is 7.75. The highest BCUT2D eigenvalue weighted by Crippen LogP contribution is 2.36. The van der Waals surface area contributed by atoms with Gasteiger partial charge in [0.2, 0.25) is 0 Å². The quantitative estimate of drug-likeness (QED) is 0.355. The molecule has 0 amide bonds. The smallest absolute Gasteiger partial charge is 0.253 e. The lowest BCUT2D eigenvalue weighted by Gasteiger charge is -2.37. The Morgan fingerprint density at radius 1 is 1.03 bits per heavy atom. The Labute approximate surface area is 223 Å². The molecule has 1 atom stereocenters. The van der Waals surface area contributed by atoms with Gasteiger partial charge in [0.1, 0.15) is 11.8 Å². The van der Waals surface area contributed by atoms with Gasteiger partial charge < -0.3 is 9.72 Å². The third kappa shape index (κ3) is 5.10. The Kier molecular flexibility index (Phi) is 7.22. The van der Waals surface area contributed by atoms with Gasteiger partial charge in [-0.05, 0) is 98.3 Å². The molecule has 1 saturated heterocycles. The second-order valence-corrected chi connectivity index (χ2v) is 10.7. The number of fused-ring (bicyclic) bond motifs is 1. The molecule has 198 valence electrons. The first-order valence-electron chi connectivity index (χ1n) is 14.0. The molecule has 3 heterocycles. The minimum atomic E-state index is -0.299. The monoisotopic (exact) mass is 512 g/mol. The molecular formula is C30H36N6O2. The van der Waals surface area contributed by atoms with Crippen LogP contribution in [0.3, 0.4) is 0 Å². The maximum absolute atomic E-state index is 13.6. The molecule has 2 aromatic heterocycles. The van der Waals surface area contributed by atoms with Gasteiger partial charge in [-0.1, -0.05) is 43.2 Å². The lowest BCUT2D eigenvalue weighted by molar-refractivity contribution is 0.141. The van der Waals surface area contributed by atoms with Gasteiger partial charge in [-0.25, -0.2) is 4.68 Å². The van der Waals surface area contributed by atoms with Crippen molar-refractivity contribution in [3.05, 3.63) is 81.9 Å². The van der Waals surface area contributed by atoms with E-state index in [0.717, 1.165) is 67.7 Å². The van der Waals surface area contributed by atoms with Crippen LogP contribution in [0.4, 0.5) is 0 Å². The maximum Gasteiger partial charge on any atom is 0.253 e. The van der Waals surface area contributed by atoms with E-state index in [1.165, 1.54) is 18.4 Å². The van der Waals surface area contributed by atoms with Gasteiger partial charge in [0.15, 0.2) is 5.82 Å². The van der Waals surface area contributed by atoms with Crippen LogP contribution in [-0.2, 0) is 6.42 Å². The average molecular weight is 513 g/mol. The van der Waals surface area contributed by atoms with E-state index < -0.39 is 0 Å². The van der Waals surface area contributed by atoms with E-state index in [0.29, 0.717) is 24.1 Å². The van der Waals surface area contributed by atoms with E-state index in [9.17, 15) is 4.79 Å². The number of aromatic amines is 1. The molecule has 0 unspecified atom stereocenters. The Balaban J connectivity index is 1.35. The van der Waals surface area contributed by atoms with Crippen molar-refractivity contribution in [2.24, 2.45) is 5.92 Å². The van der Waals surface area contributed by atoms with E-state index in [1.807, 2.05) is 35.9 Å². The number of benzene rings is 2. The molecular weight excluding hydrogens is 476 g/mol. The van der Waals surface area contributed by atoms with Crippen LogP contribution in [0, 0.1) is 5.92 Å². The number of hydrogen-bond acceptors (Lipinski definition) is 6. The predicted octanol–water partition coefficient (Wildman–Crippen LogP) is 5.07. The zero-order valence-corrected chi connectivity index (χ0v) is 22.1. The molecule has 8 heteroatoms. The largest absolute Gasteiger partial charge is 0.494 e. The van der Waals surface area contributed by atoms with E-state index in [2.05, 4.69) is 55.7 Å². The fraction of sp³-hybridized carbons (Fsp3) is 0.467. The third-order valence-corrected chi connectivity index (χ3v) is 8.26. The summed E-state index contributed by atoms with van der Waals surface area (Å²) in [7, 11) is 0. The number of hydrogen-bond donors (Lipinski definition) is 1. The summed E-state index contributed by atoms with van der Waals surface area (Å²) in [4.78, 5) is 19.1. The predicted molar refractivity (Wildman–Crippen MR) is 147 cm³/mol. The summed E-state index contributed by atoms with van der Waals surface area (Å²) >= 11 is 0. The first-order valence-corrected chi connectivity index (χ1v) is 14.0. The van der Waals surface area contributed by atoms with E-state index in [4.69, 9.17) is 4.74 Å². The van der Waals surface area contributed by atoms with Crippen LogP contribution in [0.5, 0.6) is 5.75 Å². The summed E-state index contributed by atoms with van der Waals surface area (Å²) in [5.74, 6) is 2.21. The minimum absolute atomic E-state index is 0.0842. The Hall–Kier alpha value is -3.52. The molecule has 2 aliphatic rings. The molecule has 0 bridgehead atoms. The van der Waals surface area contributed by atoms with E-state index in [-0.39, 0.29) is 11.6 Å². The molecule has 1 saturated carbocycles. The molecule has 2 aromatic carbocycles. The van der Waals surface area contributed by atoms with Crippen LogP contribution in [0.1, 0.15) is 74.5 Å². The molecule has 4 aromatic rings. The van der Waals surface area contributed by atoms with Gasteiger partial charge in [0, 0.05) is 16.5 Å². The highest BCUT2D eigenvalue weighted by molar-refractivity contribution is 5.80. The molecule has 1 aliphatic carbocycles. The Bertz CT molecular complexity index is 1420. The standard InChI is InChI=1S/C30H36N6O2/c1-2-38-25-12-13-27-23(19-25)20-26(30(37)31-27)28(29-32-33-34-36(29)24-10-6-7-11-24)35-16-14-22(15-17-35)18-21-8-4-3-5-9-21/h3-5,8-9,12-13,19-20,22,24,28H,2,6-7,10-11,14-18H2,1H3,(H,31,37)/t28-/m1/s1. The molecule has 8 nitrogen and oxygen atoms in total. The van der Waals surface area contributed by atoms with E-state index >= 15 is 0 Å². The van der Waals surface area contributed by atoms with Crippen molar-refractivity contribution in [1.82, 2.24) is 30.1 Å². The van der Waals surface area contributed by atoms with Crippen molar-refractivity contribution >= 4 is 10.9 Å². The second kappa shape index (κ2) is 11.1. The number of rotatable bonds is 8. The SMILES string of the molecule is CCOc1ccc2[nH]c(=O)c([C@H](c3nnnn3C3CCCC3)N3CCC(Cc4ccccc4)CC3)cc2c1. The number of ether oxygens (including phenoxy) is 1. The zero-order valence-electron chi connectivity index (χ0n) is 22.1. The van der Waals surface area contributed by atoms with Crippen LogP contribution in [-0.4, -0.2) is 49.8 Å². The number of nitrogens with one attached hydrogen (secondary N) is 1. The highest BCUT2D eigenvalue weighted by atomic mass is 16.5. The van der Waals surface area contributed by atoms with E-state index in [1.54, 1.807) is 0 Å². The van der Waals surface area contributed by atoms with Gasteiger partial charge in [-0.2, -0.15) is 0 Å². The number of piperidine rings is 1. The Morgan fingerprint density at radius 3 is 2.58 bits per heavy atom. The second-order valence-electron chi connectivity index (χ2n) is 10.7. The van der Waals surface area contributed by atoms with Crippen molar-refractivity contribution in [3.8, 4) is 5.75 Å². The fourth-order valence-corrected chi connectivity index (χ4v) is 6.31. The molecule has 0 spiro atoms. The summed E-state index contributed by atoms with van der Waals surface area (Å²) in [5.41, 5.74) is 2.81. The molecule has 2 fully saturated rings. The summed E-state index contributed by atoms with van der Waals surface area (Å²) in [6.07, 6.45) is 7.79. The van der Waals surface area contributed by atoms with Crippen molar-refractivity contribution in [1.29, 1.82) is 0 Å². The van der Waals surface area contributed by atoms with Crippen LogP contribution in [0.15, 0.2) is 59.4 Å². The number of pyridine rings is 1. The molecule has 38 heavy (non-hydrogen) atoms. The lowest BCUT2D eigenvalue weighted by Crippen LogP contribution is -2.41. The van der Waals surface area contributed by atoms with Crippen molar-refractivity contribution in [2.75, 3.05) is 19.7 Å². The molecule has 0 radical (unpaired) electrons. The van der Waals surface area contributed by atoms with Gasteiger partial charge in [0.25, 0.3) is 5.56 Å². The van der Waals surface area contributed by atoms with Crippen LogP contribution >= 0.6 is 0 Å². The Morgan fingerprint density at radius 2 is 1.82 bits per heavy atom. The first-order chi connectivity index (χ1) is 18.7. The first kappa shape index (κ1) is 24.8. The topological polar surface area (TPSA) is 88.9 Å². The zero-order chi connectivity index (χ0) is 25.9. The molecule has 6 rings (SSSR count). The molecule has 1 N–H and O–H groups in total. The van der Waals surface area contributed by atoms with Crippen molar-refractivity contribution < 1.29 is 4.74 Å². The van der Waals surface area contributed by atoms with Crippen LogP contribution in [0.2, 0.25) is 0 Å². The number of H-pyrrole nitrogens is 1. The third-order valence-electron chi connectivity index (χ3n) is 8.26. The summed E-state index contributed by atoms with van der Waals surface area (Å²) in [5, 5.41) is 14.1. The summed E-state index contributed by atoms with van der Waals surface area (Å²) in [6, 6.07) is 18.6.